The Bertz CT molecular complexity index is 1330. The summed E-state index contributed by atoms with van der Waals surface area (Å²) in [6.07, 6.45) is 1.33. The van der Waals surface area contributed by atoms with Gasteiger partial charge in [-0.15, -0.1) is 22.7 Å². The minimum absolute atomic E-state index is 0.0284. The summed E-state index contributed by atoms with van der Waals surface area (Å²) in [5.74, 6) is -0.546. The van der Waals surface area contributed by atoms with Gasteiger partial charge in [-0.1, -0.05) is 24.3 Å². The molecule has 36 heavy (non-hydrogen) atoms. The maximum atomic E-state index is 13.3. The second-order valence-electron chi connectivity index (χ2n) is 7.73. The number of aromatic nitrogens is 2. The molecule has 184 valence electrons. The van der Waals surface area contributed by atoms with Crippen molar-refractivity contribution in [1.29, 1.82) is 0 Å². The minimum Gasteiger partial charge on any atom is -0.436 e. The number of thiazole rings is 1. The number of nitrogens with two attached hydrogens (primary N) is 1. The number of ether oxygens (including phenoxy) is 1. The first-order valence-corrected chi connectivity index (χ1v) is 12.5. The lowest BCUT2D eigenvalue weighted by Crippen LogP contribution is -2.42. The summed E-state index contributed by atoms with van der Waals surface area (Å²) in [5, 5.41) is 18.6. The van der Waals surface area contributed by atoms with Crippen molar-refractivity contribution in [3.8, 4) is 9.88 Å². The first kappa shape index (κ1) is 24.9. The molecule has 0 bridgehead atoms. The van der Waals surface area contributed by atoms with E-state index in [1.807, 2.05) is 22.9 Å². The van der Waals surface area contributed by atoms with Crippen LogP contribution in [-0.2, 0) is 22.4 Å². The molecule has 2 amide bonds. The fraction of sp³-hybridized carbons (Fsp3) is 0.167. The first-order chi connectivity index (χ1) is 17.4. The van der Waals surface area contributed by atoms with Crippen LogP contribution >= 0.6 is 22.7 Å². The summed E-state index contributed by atoms with van der Waals surface area (Å²) in [5.41, 5.74) is 7.27. The number of primary amides is 1. The second-order valence-corrected chi connectivity index (χ2v) is 9.54. The third-order valence-corrected chi connectivity index (χ3v) is 7.11. The normalized spacial score (nSPS) is 12.4. The Balaban J connectivity index is 1.59. The maximum absolute atomic E-state index is 13.3. The van der Waals surface area contributed by atoms with Crippen LogP contribution in [0, 0.1) is 10.1 Å². The van der Waals surface area contributed by atoms with Crippen molar-refractivity contribution in [3.05, 3.63) is 98.6 Å². The number of non-ortho nitro benzene ring substituents is 1. The van der Waals surface area contributed by atoms with Crippen molar-refractivity contribution in [2.24, 2.45) is 5.73 Å². The molecule has 2 atom stereocenters. The van der Waals surface area contributed by atoms with Crippen molar-refractivity contribution in [2.75, 3.05) is 0 Å². The molecule has 0 saturated carbocycles. The number of pyridine rings is 1. The number of nitro groups is 1. The van der Waals surface area contributed by atoms with Gasteiger partial charge in [0, 0.05) is 36.3 Å². The lowest BCUT2D eigenvalue weighted by molar-refractivity contribution is -0.384. The van der Waals surface area contributed by atoms with Gasteiger partial charge in [0.05, 0.1) is 21.5 Å². The summed E-state index contributed by atoms with van der Waals surface area (Å²) in [7, 11) is 0. The third kappa shape index (κ3) is 6.49. The number of thiophene rings is 1. The topological polar surface area (TPSA) is 150 Å². The standard InChI is InChI=1S/C24H21N5O5S2/c25-24(31)34-20(12-16-3-1-9-26-13-16)22(30)27-18(11-15-5-7-17(8-6-15)29(32)33)19-14-36-23(28-19)21-4-2-10-35-21/h1-10,13-14,18,20H,11-12H2,(H2,25,31)(H,27,30)/t18-,20?/m0/s1. The van der Waals surface area contributed by atoms with Crippen LogP contribution in [0.4, 0.5) is 10.5 Å². The Kier molecular flexibility index (Phi) is 7.98. The average molecular weight is 524 g/mol. The summed E-state index contributed by atoms with van der Waals surface area (Å²) in [6.45, 7) is 0. The van der Waals surface area contributed by atoms with E-state index in [1.165, 1.54) is 23.5 Å². The van der Waals surface area contributed by atoms with E-state index in [1.54, 1.807) is 48.0 Å². The van der Waals surface area contributed by atoms with Crippen LogP contribution in [0.1, 0.15) is 22.9 Å². The molecule has 0 radical (unpaired) electrons. The van der Waals surface area contributed by atoms with Crippen LogP contribution in [0.3, 0.4) is 0 Å². The van der Waals surface area contributed by atoms with Gasteiger partial charge >= 0.3 is 6.09 Å². The molecule has 1 unspecified atom stereocenters. The van der Waals surface area contributed by atoms with E-state index in [2.05, 4.69) is 10.3 Å². The molecular weight excluding hydrogens is 502 g/mol. The van der Waals surface area contributed by atoms with Crippen LogP contribution in [0.5, 0.6) is 0 Å². The number of nitro benzene ring substituents is 1. The number of rotatable bonds is 10. The molecule has 3 heterocycles. The van der Waals surface area contributed by atoms with E-state index in [-0.39, 0.29) is 12.1 Å². The summed E-state index contributed by atoms with van der Waals surface area (Å²) < 4.78 is 5.12. The molecule has 10 nitrogen and oxygen atoms in total. The fourth-order valence-electron chi connectivity index (χ4n) is 3.50. The molecule has 0 aliphatic heterocycles. The van der Waals surface area contributed by atoms with Gasteiger partial charge in [0.15, 0.2) is 6.10 Å². The van der Waals surface area contributed by atoms with E-state index in [9.17, 15) is 19.7 Å². The number of amides is 2. The molecule has 0 saturated heterocycles. The fourth-order valence-corrected chi connectivity index (χ4v) is 5.19. The van der Waals surface area contributed by atoms with Crippen LogP contribution in [-0.4, -0.2) is 33.0 Å². The van der Waals surface area contributed by atoms with E-state index < -0.39 is 29.1 Å². The molecule has 12 heteroatoms. The van der Waals surface area contributed by atoms with Crippen LogP contribution in [0.15, 0.2) is 71.7 Å². The molecule has 0 aliphatic rings. The van der Waals surface area contributed by atoms with Crippen molar-refractivity contribution in [2.45, 2.75) is 25.0 Å². The number of hydrogen-bond acceptors (Lipinski definition) is 9. The number of hydrogen-bond donors (Lipinski definition) is 2. The van der Waals surface area contributed by atoms with Crippen molar-refractivity contribution >= 4 is 40.4 Å². The van der Waals surface area contributed by atoms with Gasteiger partial charge in [-0.3, -0.25) is 19.9 Å². The van der Waals surface area contributed by atoms with Gasteiger partial charge in [-0.05, 0) is 35.1 Å². The first-order valence-electron chi connectivity index (χ1n) is 10.8. The highest BCUT2D eigenvalue weighted by atomic mass is 32.1. The van der Waals surface area contributed by atoms with Gasteiger partial charge in [0.1, 0.15) is 5.01 Å². The van der Waals surface area contributed by atoms with Gasteiger partial charge < -0.3 is 15.8 Å². The average Bonchev–Trinajstić information content (AvgIpc) is 3.56. The highest BCUT2D eigenvalue weighted by Gasteiger charge is 2.27. The Hall–Kier alpha value is -4.16. The number of carbonyl (C=O) groups is 2. The Morgan fingerprint density at radius 2 is 1.89 bits per heavy atom. The van der Waals surface area contributed by atoms with E-state index in [4.69, 9.17) is 15.5 Å². The second kappa shape index (κ2) is 11.5. The van der Waals surface area contributed by atoms with E-state index in [0.29, 0.717) is 17.7 Å². The Morgan fingerprint density at radius 3 is 2.53 bits per heavy atom. The maximum Gasteiger partial charge on any atom is 0.405 e. The van der Waals surface area contributed by atoms with Gasteiger partial charge in [0.25, 0.3) is 11.6 Å². The zero-order chi connectivity index (χ0) is 25.5. The highest BCUT2D eigenvalue weighted by Crippen LogP contribution is 2.31. The molecule has 0 fully saturated rings. The number of nitrogens with zero attached hydrogens (tertiary/aromatic N) is 3. The Morgan fingerprint density at radius 1 is 1.08 bits per heavy atom. The number of carbonyl (C=O) groups excluding carboxylic acids is 2. The molecule has 4 rings (SSSR count). The monoisotopic (exact) mass is 523 g/mol. The molecule has 0 spiro atoms. The van der Waals surface area contributed by atoms with E-state index >= 15 is 0 Å². The van der Waals surface area contributed by atoms with Gasteiger partial charge in [-0.25, -0.2) is 9.78 Å². The predicted molar refractivity (Wildman–Crippen MR) is 136 cm³/mol. The summed E-state index contributed by atoms with van der Waals surface area (Å²) in [4.78, 5) is 45.1. The molecule has 3 aromatic heterocycles. The third-order valence-electron chi connectivity index (χ3n) is 5.21. The van der Waals surface area contributed by atoms with Gasteiger partial charge in [0.2, 0.25) is 0 Å². The summed E-state index contributed by atoms with van der Waals surface area (Å²) in [6, 6.07) is 12.9. The minimum atomic E-state index is -1.18. The molecule has 1 aromatic carbocycles. The van der Waals surface area contributed by atoms with Crippen LogP contribution < -0.4 is 11.1 Å². The molecule has 3 N–H and O–H groups in total. The number of benzene rings is 1. The van der Waals surface area contributed by atoms with Crippen LogP contribution in [0.2, 0.25) is 0 Å². The van der Waals surface area contributed by atoms with Crippen LogP contribution in [0.25, 0.3) is 9.88 Å². The van der Waals surface area contributed by atoms with Crippen molar-refractivity contribution < 1.29 is 19.2 Å². The smallest absolute Gasteiger partial charge is 0.405 e. The Labute approximate surface area is 213 Å². The van der Waals surface area contributed by atoms with E-state index in [0.717, 1.165) is 15.4 Å². The lowest BCUT2D eigenvalue weighted by Gasteiger charge is -2.22. The lowest BCUT2D eigenvalue weighted by atomic mass is 10.0. The molecule has 0 aliphatic carbocycles. The SMILES string of the molecule is NC(=O)OC(Cc1cccnc1)C(=O)N[C@@H](Cc1ccc([N+](=O)[O-])cc1)c1csc(-c2cccs2)n1. The highest BCUT2D eigenvalue weighted by molar-refractivity contribution is 7.20. The predicted octanol–water partition coefficient (Wildman–Crippen LogP) is 4.28. The summed E-state index contributed by atoms with van der Waals surface area (Å²) >= 11 is 3.00. The quantitative estimate of drug-likeness (QED) is 0.233. The zero-order valence-corrected chi connectivity index (χ0v) is 20.4. The van der Waals surface area contributed by atoms with Crippen molar-refractivity contribution in [3.63, 3.8) is 0 Å². The number of nitrogens with one attached hydrogen (secondary N) is 1. The van der Waals surface area contributed by atoms with Gasteiger partial charge in [-0.2, -0.15) is 0 Å². The van der Waals surface area contributed by atoms with Crippen molar-refractivity contribution in [1.82, 2.24) is 15.3 Å². The molecular formula is C24H21N5O5S2. The largest absolute Gasteiger partial charge is 0.436 e. The zero-order valence-electron chi connectivity index (χ0n) is 18.8. The molecule has 4 aromatic rings.